The first-order chi connectivity index (χ1) is 7.63. The Morgan fingerprint density at radius 1 is 1.50 bits per heavy atom. The number of nitrogens with zero attached hydrogens (tertiary/aromatic N) is 1. The van der Waals surface area contributed by atoms with Gasteiger partial charge in [-0.25, -0.2) is 4.68 Å². The summed E-state index contributed by atoms with van der Waals surface area (Å²) in [6.45, 7) is 1.95. The minimum atomic E-state index is -0.360. The van der Waals surface area contributed by atoms with Crippen molar-refractivity contribution >= 4 is 0 Å². The number of hydrogen-bond acceptors (Lipinski definition) is 3. The highest BCUT2D eigenvalue weighted by molar-refractivity contribution is 5.39. The molecule has 84 valence electrons. The van der Waals surface area contributed by atoms with Crippen molar-refractivity contribution in [2.24, 2.45) is 5.73 Å². The Hall–Kier alpha value is -2.01. The lowest BCUT2D eigenvalue weighted by molar-refractivity contribution is 0.428. The quantitative estimate of drug-likeness (QED) is 0.693. The average molecular weight is 219 g/mol. The van der Waals surface area contributed by atoms with E-state index in [4.69, 9.17) is 5.73 Å². The molecule has 0 saturated heterocycles. The molecule has 0 aliphatic rings. The van der Waals surface area contributed by atoms with Crippen LogP contribution in [0.15, 0.2) is 29.1 Å². The van der Waals surface area contributed by atoms with Gasteiger partial charge in [-0.15, -0.1) is 0 Å². The van der Waals surface area contributed by atoms with E-state index in [0.717, 1.165) is 5.56 Å². The number of aryl methyl sites for hydroxylation is 1. The van der Waals surface area contributed by atoms with Gasteiger partial charge in [-0.05, 0) is 24.6 Å². The summed E-state index contributed by atoms with van der Waals surface area (Å²) in [5.74, 6) is -0.127. The van der Waals surface area contributed by atoms with E-state index in [0.29, 0.717) is 5.69 Å². The lowest BCUT2D eigenvalue weighted by atomic mass is 10.2. The summed E-state index contributed by atoms with van der Waals surface area (Å²) in [7, 11) is 0. The zero-order valence-electron chi connectivity index (χ0n) is 8.90. The molecular weight excluding hydrogens is 206 g/mol. The van der Waals surface area contributed by atoms with Crippen LogP contribution < -0.4 is 11.3 Å². The van der Waals surface area contributed by atoms with Crippen LogP contribution in [0.3, 0.4) is 0 Å². The van der Waals surface area contributed by atoms with Gasteiger partial charge in [-0.1, -0.05) is 12.1 Å². The summed E-state index contributed by atoms with van der Waals surface area (Å²) < 4.78 is 1.33. The van der Waals surface area contributed by atoms with E-state index in [9.17, 15) is 9.90 Å². The molecule has 0 spiro atoms. The summed E-state index contributed by atoms with van der Waals surface area (Å²) in [5.41, 5.74) is 6.96. The van der Waals surface area contributed by atoms with E-state index in [1.807, 2.05) is 25.1 Å². The summed E-state index contributed by atoms with van der Waals surface area (Å²) in [6, 6.07) is 7.44. The first-order valence-corrected chi connectivity index (χ1v) is 4.93. The first kappa shape index (κ1) is 10.5. The fourth-order valence-electron chi connectivity index (χ4n) is 1.60. The zero-order chi connectivity index (χ0) is 11.7. The van der Waals surface area contributed by atoms with E-state index in [1.54, 1.807) is 6.07 Å². The number of nitrogens with one attached hydrogen (secondary N) is 1. The minimum absolute atomic E-state index is 0.0139. The van der Waals surface area contributed by atoms with E-state index in [1.165, 1.54) is 4.68 Å². The van der Waals surface area contributed by atoms with Gasteiger partial charge in [-0.2, -0.15) is 0 Å². The molecule has 4 N–H and O–H groups in total. The molecule has 5 nitrogen and oxygen atoms in total. The lowest BCUT2D eigenvalue weighted by Gasteiger charge is -2.05. The van der Waals surface area contributed by atoms with Gasteiger partial charge in [0, 0.05) is 6.54 Å². The maximum absolute atomic E-state index is 11.4. The summed E-state index contributed by atoms with van der Waals surface area (Å²) in [5, 5.41) is 12.3. The van der Waals surface area contributed by atoms with Crippen LogP contribution >= 0.6 is 0 Å². The maximum Gasteiger partial charge on any atom is 0.272 e. The number of aromatic amines is 1. The average Bonchev–Trinajstić information content (AvgIpc) is 2.54. The predicted octanol–water partition coefficient (Wildman–Crippen LogP) is 0.638. The molecule has 1 aromatic heterocycles. The Morgan fingerprint density at radius 3 is 2.81 bits per heavy atom. The molecule has 2 aromatic rings. The van der Waals surface area contributed by atoms with Crippen LogP contribution in [-0.2, 0) is 6.54 Å². The third kappa shape index (κ3) is 1.61. The van der Waals surface area contributed by atoms with Gasteiger partial charge < -0.3 is 10.8 Å². The number of benzene rings is 1. The molecule has 0 radical (unpaired) electrons. The Kier molecular flexibility index (Phi) is 2.54. The number of rotatable bonds is 2. The smallest absolute Gasteiger partial charge is 0.272 e. The number of aromatic hydroxyl groups is 1. The second-order valence-corrected chi connectivity index (χ2v) is 3.62. The van der Waals surface area contributed by atoms with E-state index >= 15 is 0 Å². The molecule has 16 heavy (non-hydrogen) atoms. The van der Waals surface area contributed by atoms with Crippen LogP contribution in [0, 0.1) is 6.92 Å². The minimum Gasteiger partial charge on any atom is -0.493 e. The molecule has 1 aromatic carbocycles. The van der Waals surface area contributed by atoms with Crippen LogP contribution in [0.5, 0.6) is 5.88 Å². The van der Waals surface area contributed by atoms with Gasteiger partial charge in [0.25, 0.3) is 5.56 Å². The second kappa shape index (κ2) is 3.86. The monoisotopic (exact) mass is 219 g/mol. The maximum atomic E-state index is 11.4. The predicted molar refractivity (Wildman–Crippen MR) is 60.7 cm³/mol. The highest BCUT2D eigenvalue weighted by atomic mass is 16.3. The van der Waals surface area contributed by atoms with Gasteiger partial charge in [0.05, 0.1) is 11.3 Å². The molecule has 1 heterocycles. The van der Waals surface area contributed by atoms with Crippen LogP contribution in [0.25, 0.3) is 5.69 Å². The van der Waals surface area contributed by atoms with Crippen molar-refractivity contribution in [3.8, 4) is 11.6 Å². The molecule has 0 bridgehead atoms. The van der Waals surface area contributed by atoms with Crippen LogP contribution in [-0.4, -0.2) is 14.9 Å². The molecule has 0 aliphatic carbocycles. The topological polar surface area (TPSA) is 84.0 Å². The molecule has 0 amide bonds. The van der Waals surface area contributed by atoms with Crippen molar-refractivity contribution in [3.63, 3.8) is 0 Å². The van der Waals surface area contributed by atoms with Crippen LogP contribution in [0.1, 0.15) is 11.1 Å². The van der Waals surface area contributed by atoms with E-state index in [-0.39, 0.29) is 23.5 Å². The lowest BCUT2D eigenvalue weighted by Crippen LogP contribution is -2.10. The van der Waals surface area contributed by atoms with Crippen molar-refractivity contribution in [1.29, 1.82) is 0 Å². The fraction of sp³-hybridized carbons (Fsp3) is 0.182. The second-order valence-electron chi connectivity index (χ2n) is 3.62. The summed E-state index contributed by atoms with van der Waals surface area (Å²) in [4.78, 5) is 11.4. The van der Waals surface area contributed by atoms with Crippen LogP contribution in [0.2, 0.25) is 0 Å². The number of hydrogen-bond donors (Lipinski definition) is 3. The van der Waals surface area contributed by atoms with Gasteiger partial charge >= 0.3 is 0 Å². The molecule has 0 aliphatic heterocycles. The Balaban J connectivity index is 2.61. The van der Waals surface area contributed by atoms with E-state index in [2.05, 4.69) is 5.10 Å². The largest absolute Gasteiger partial charge is 0.493 e. The van der Waals surface area contributed by atoms with Crippen molar-refractivity contribution in [2.75, 3.05) is 0 Å². The van der Waals surface area contributed by atoms with Crippen molar-refractivity contribution < 1.29 is 5.11 Å². The molecule has 2 rings (SSSR count). The molecule has 0 saturated carbocycles. The Bertz CT molecular complexity index is 569. The van der Waals surface area contributed by atoms with Gasteiger partial charge in [0.2, 0.25) is 5.88 Å². The highest BCUT2D eigenvalue weighted by Crippen LogP contribution is 2.18. The van der Waals surface area contributed by atoms with Crippen molar-refractivity contribution in [3.05, 3.63) is 45.7 Å². The van der Waals surface area contributed by atoms with Gasteiger partial charge in [0.15, 0.2) is 0 Å². The summed E-state index contributed by atoms with van der Waals surface area (Å²) in [6.07, 6.45) is 0. The number of H-pyrrole nitrogens is 1. The number of aromatic nitrogens is 2. The molecule has 0 fully saturated rings. The van der Waals surface area contributed by atoms with Crippen molar-refractivity contribution in [2.45, 2.75) is 13.5 Å². The molecule has 0 atom stereocenters. The third-order valence-corrected chi connectivity index (χ3v) is 2.43. The summed E-state index contributed by atoms with van der Waals surface area (Å²) >= 11 is 0. The van der Waals surface area contributed by atoms with Gasteiger partial charge in [-0.3, -0.25) is 9.89 Å². The normalized spacial score (nSPS) is 10.6. The first-order valence-electron chi connectivity index (χ1n) is 4.93. The third-order valence-electron chi connectivity index (χ3n) is 2.43. The Morgan fingerprint density at radius 2 is 2.25 bits per heavy atom. The Labute approximate surface area is 92.1 Å². The number of nitrogens with two attached hydrogens (primary N) is 1. The molecule has 0 unspecified atom stereocenters. The van der Waals surface area contributed by atoms with Crippen molar-refractivity contribution in [1.82, 2.24) is 9.78 Å². The standard InChI is InChI=1S/C11H13N3O2/c1-7-3-2-4-8(5-7)14-11(16)9(6-12)10(15)13-14/h2-5,16H,6,12H2,1H3,(H,13,15). The van der Waals surface area contributed by atoms with Crippen LogP contribution in [0.4, 0.5) is 0 Å². The van der Waals surface area contributed by atoms with Gasteiger partial charge in [0.1, 0.15) is 0 Å². The van der Waals surface area contributed by atoms with E-state index < -0.39 is 0 Å². The SMILES string of the molecule is Cc1cccc(-n2[nH]c(=O)c(CN)c2O)c1. The zero-order valence-corrected chi connectivity index (χ0v) is 8.90. The molecular formula is C11H13N3O2. The highest BCUT2D eigenvalue weighted by Gasteiger charge is 2.13. The molecule has 5 heteroatoms. The fourth-order valence-corrected chi connectivity index (χ4v) is 1.60.